The molecule has 1 aromatic heterocycles. The molecule has 5 rings (SSSR count). The van der Waals surface area contributed by atoms with Crippen LogP contribution in [0.15, 0.2) is 60.8 Å². The van der Waals surface area contributed by atoms with E-state index in [0.29, 0.717) is 41.2 Å². The Morgan fingerprint density at radius 3 is 2.31 bits per heavy atom. The summed E-state index contributed by atoms with van der Waals surface area (Å²) in [5, 5.41) is 12.0. The number of rotatable bonds is 5. The molecule has 0 radical (unpaired) electrons. The molecule has 2 aromatic carbocycles. The minimum atomic E-state index is -0.0806. The first-order valence-electron chi connectivity index (χ1n) is 12.1. The summed E-state index contributed by atoms with van der Waals surface area (Å²) in [5.41, 5.74) is 2.54. The quantitative estimate of drug-likeness (QED) is 0.492. The average molecular weight is 524 g/mol. The van der Waals surface area contributed by atoms with E-state index in [2.05, 4.69) is 32.5 Å². The van der Waals surface area contributed by atoms with Crippen molar-refractivity contribution in [2.24, 2.45) is 5.92 Å². The molecule has 1 N–H and O–H groups in total. The third-order valence-electron chi connectivity index (χ3n) is 6.98. The molecule has 0 saturated carbocycles. The highest BCUT2D eigenvalue weighted by Gasteiger charge is 2.29. The summed E-state index contributed by atoms with van der Waals surface area (Å²) < 4.78 is 0. The van der Waals surface area contributed by atoms with Gasteiger partial charge in [0.1, 0.15) is 0 Å². The highest BCUT2D eigenvalue weighted by atomic mass is 35.5. The Kier molecular flexibility index (Phi) is 7.39. The molecule has 0 bridgehead atoms. The predicted molar refractivity (Wildman–Crippen MR) is 142 cm³/mol. The molecule has 7 nitrogen and oxygen atoms in total. The van der Waals surface area contributed by atoms with Crippen LogP contribution in [0.3, 0.4) is 0 Å². The number of nitrogens with zero attached hydrogens (tertiary/aromatic N) is 4. The number of piperidine rings is 1. The van der Waals surface area contributed by atoms with Crippen LogP contribution in [0.5, 0.6) is 0 Å². The number of hydrogen-bond acceptors (Lipinski definition) is 5. The van der Waals surface area contributed by atoms with E-state index in [1.165, 1.54) is 5.56 Å². The maximum Gasteiger partial charge on any atom is 0.253 e. The number of benzene rings is 2. The largest absolute Gasteiger partial charge is 0.354 e. The Hall–Kier alpha value is -3.16. The van der Waals surface area contributed by atoms with Crippen molar-refractivity contribution < 1.29 is 9.59 Å². The molecular weight excluding hydrogens is 497 g/mol. The van der Waals surface area contributed by atoms with Gasteiger partial charge in [-0.3, -0.25) is 9.59 Å². The zero-order valence-electron chi connectivity index (χ0n) is 19.7. The average Bonchev–Trinajstić information content (AvgIpc) is 3.40. The van der Waals surface area contributed by atoms with Gasteiger partial charge in [0.25, 0.3) is 5.91 Å². The van der Waals surface area contributed by atoms with Gasteiger partial charge in [-0.15, -0.1) is 5.10 Å². The summed E-state index contributed by atoms with van der Waals surface area (Å²) in [5.74, 6) is 1.09. The minimum Gasteiger partial charge on any atom is -0.354 e. The predicted octanol–water partition coefficient (Wildman–Crippen LogP) is 5.27. The number of halogens is 2. The fourth-order valence-corrected chi connectivity index (χ4v) is 5.53. The van der Waals surface area contributed by atoms with Crippen molar-refractivity contribution in [3.8, 4) is 0 Å². The fourth-order valence-electron chi connectivity index (χ4n) is 5.00. The maximum atomic E-state index is 12.9. The second-order valence-corrected chi connectivity index (χ2v) is 10.2. The molecule has 2 aliphatic heterocycles. The molecule has 2 fully saturated rings. The van der Waals surface area contributed by atoms with Crippen molar-refractivity contribution in [1.82, 2.24) is 15.1 Å². The van der Waals surface area contributed by atoms with E-state index in [1.807, 2.05) is 29.2 Å². The Morgan fingerprint density at radius 2 is 1.64 bits per heavy atom. The van der Waals surface area contributed by atoms with Gasteiger partial charge in [-0.25, -0.2) is 0 Å². The van der Waals surface area contributed by atoms with Gasteiger partial charge in [0.15, 0.2) is 5.82 Å². The van der Waals surface area contributed by atoms with Crippen LogP contribution in [0.1, 0.15) is 41.1 Å². The van der Waals surface area contributed by atoms with Crippen LogP contribution >= 0.6 is 23.2 Å². The topological polar surface area (TPSA) is 78.4 Å². The van der Waals surface area contributed by atoms with Gasteiger partial charge in [0.2, 0.25) is 5.91 Å². The van der Waals surface area contributed by atoms with E-state index in [1.54, 1.807) is 24.4 Å². The van der Waals surface area contributed by atoms with Crippen LogP contribution < -0.4 is 10.2 Å². The highest BCUT2D eigenvalue weighted by molar-refractivity contribution is 6.35. The van der Waals surface area contributed by atoms with Crippen LogP contribution in [0.25, 0.3) is 0 Å². The van der Waals surface area contributed by atoms with Gasteiger partial charge < -0.3 is 15.1 Å². The molecule has 1 atom stereocenters. The molecule has 186 valence electrons. The normalized spacial score (nSPS) is 18.3. The SMILES string of the molecule is O=C(Nc1ccc(C2CCN(C(=O)c3cc(Cl)cc(Cl)c3)CC2)cc1)C1CCN(c2cccnn2)C1. The summed E-state index contributed by atoms with van der Waals surface area (Å²) in [6.45, 7) is 2.79. The van der Waals surface area contributed by atoms with Gasteiger partial charge in [-0.1, -0.05) is 35.3 Å². The molecular formula is C27H27Cl2N5O2. The summed E-state index contributed by atoms with van der Waals surface area (Å²) in [6.07, 6.45) is 4.20. The molecule has 2 aliphatic rings. The monoisotopic (exact) mass is 523 g/mol. The van der Waals surface area contributed by atoms with Crippen molar-refractivity contribution in [2.75, 3.05) is 36.4 Å². The third kappa shape index (κ3) is 5.63. The van der Waals surface area contributed by atoms with Crippen molar-refractivity contribution in [2.45, 2.75) is 25.2 Å². The standard InChI is InChI=1S/C27H27Cl2N5O2/c28-22-14-21(15-23(29)16-22)27(36)33-11-7-19(8-12-33)18-3-5-24(6-4-18)31-26(35)20-9-13-34(17-20)25-2-1-10-30-32-25/h1-6,10,14-16,19-20H,7-9,11-13,17H2,(H,31,35). The lowest BCUT2D eigenvalue weighted by Crippen LogP contribution is -2.37. The highest BCUT2D eigenvalue weighted by Crippen LogP contribution is 2.30. The Labute approximate surface area is 220 Å². The van der Waals surface area contributed by atoms with E-state index in [0.717, 1.165) is 37.3 Å². The smallest absolute Gasteiger partial charge is 0.253 e. The first kappa shape index (κ1) is 24.5. The molecule has 36 heavy (non-hydrogen) atoms. The molecule has 0 spiro atoms. The molecule has 3 aromatic rings. The summed E-state index contributed by atoms with van der Waals surface area (Å²) in [6, 6.07) is 16.8. The lowest BCUT2D eigenvalue weighted by Gasteiger charge is -2.32. The van der Waals surface area contributed by atoms with Gasteiger partial charge in [0, 0.05) is 53.7 Å². The van der Waals surface area contributed by atoms with Gasteiger partial charge >= 0.3 is 0 Å². The third-order valence-corrected chi connectivity index (χ3v) is 7.42. The lowest BCUT2D eigenvalue weighted by molar-refractivity contribution is -0.119. The van der Waals surface area contributed by atoms with Crippen molar-refractivity contribution >= 4 is 46.5 Å². The number of anilines is 2. The van der Waals surface area contributed by atoms with E-state index in [-0.39, 0.29) is 17.7 Å². The summed E-state index contributed by atoms with van der Waals surface area (Å²) >= 11 is 12.1. The molecule has 3 heterocycles. The van der Waals surface area contributed by atoms with E-state index in [9.17, 15) is 9.59 Å². The van der Waals surface area contributed by atoms with E-state index >= 15 is 0 Å². The van der Waals surface area contributed by atoms with Crippen LogP contribution in [-0.2, 0) is 4.79 Å². The van der Waals surface area contributed by atoms with E-state index in [4.69, 9.17) is 23.2 Å². The molecule has 2 amide bonds. The van der Waals surface area contributed by atoms with Gasteiger partial charge in [-0.05, 0) is 73.2 Å². The minimum absolute atomic E-state index is 0.0297. The van der Waals surface area contributed by atoms with E-state index < -0.39 is 0 Å². The second kappa shape index (κ2) is 10.8. The van der Waals surface area contributed by atoms with Gasteiger partial charge in [-0.2, -0.15) is 5.10 Å². The molecule has 2 saturated heterocycles. The molecule has 0 aliphatic carbocycles. The maximum absolute atomic E-state index is 12.9. The fraction of sp³-hybridized carbons (Fsp3) is 0.333. The van der Waals surface area contributed by atoms with Crippen molar-refractivity contribution in [1.29, 1.82) is 0 Å². The lowest BCUT2D eigenvalue weighted by atomic mass is 9.89. The number of aromatic nitrogens is 2. The first-order chi connectivity index (χ1) is 17.5. The van der Waals surface area contributed by atoms with Crippen LogP contribution in [0, 0.1) is 5.92 Å². The summed E-state index contributed by atoms with van der Waals surface area (Å²) in [4.78, 5) is 29.6. The number of carbonyl (C=O) groups is 2. The Morgan fingerprint density at radius 1 is 0.917 bits per heavy atom. The summed E-state index contributed by atoms with van der Waals surface area (Å²) in [7, 11) is 0. The van der Waals surface area contributed by atoms with Crippen molar-refractivity contribution in [3.05, 3.63) is 82.0 Å². The Balaban J connectivity index is 1.13. The zero-order chi connectivity index (χ0) is 25.1. The van der Waals surface area contributed by atoms with Crippen LogP contribution in [-0.4, -0.2) is 53.1 Å². The van der Waals surface area contributed by atoms with Crippen LogP contribution in [0.2, 0.25) is 10.0 Å². The molecule has 1 unspecified atom stereocenters. The van der Waals surface area contributed by atoms with Crippen LogP contribution in [0.4, 0.5) is 11.5 Å². The number of carbonyl (C=O) groups excluding carboxylic acids is 2. The Bertz CT molecular complexity index is 1210. The number of amides is 2. The number of hydrogen-bond donors (Lipinski definition) is 1. The van der Waals surface area contributed by atoms with Gasteiger partial charge in [0.05, 0.1) is 5.92 Å². The number of likely N-dealkylation sites (tertiary alicyclic amines) is 1. The zero-order valence-corrected chi connectivity index (χ0v) is 21.3. The van der Waals surface area contributed by atoms with Crippen molar-refractivity contribution in [3.63, 3.8) is 0 Å². The first-order valence-corrected chi connectivity index (χ1v) is 12.9. The number of nitrogens with one attached hydrogen (secondary N) is 1. The second-order valence-electron chi connectivity index (χ2n) is 9.35. The molecule has 9 heteroatoms.